The summed E-state index contributed by atoms with van der Waals surface area (Å²) < 4.78 is 0. The summed E-state index contributed by atoms with van der Waals surface area (Å²) in [6.07, 6.45) is 4.93. The smallest absolute Gasteiger partial charge is 0.293 e. The lowest BCUT2D eigenvalue weighted by Crippen LogP contribution is -2.36. The molecule has 3 aliphatic rings. The highest BCUT2D eigenvalue weighted by Gasteiger charge is 2.58. The Kier molecular flexibility index (Phi) is 5.80. The highest BCUT2D eigenvalue weighted by Crippen LogP contribution is 2.52. The van der Waals surface area contributed by atoms with Crippen LogP contribution in [0.15, 0.2) is 48.6 Å². The molecule has 4 atom stereocenters. The third kappa shape index (κ3) is 4.05. The molecule has 1 saturated carbocycles. The molecule has 2 aromatic carbocycles. The van der Waals surface area contributed by atoms with E-state index in [0.717, 1.165) is 12.0 Å². The van der Waals surface area contributed by atoms with Gasteiger partial charge in [-0.25, -0.2) is 0 Å². The van der Waals surface area contributed by atoms with Crippen molar-refractivity contribution in [2.75, 3.05) is 23.7 Å². The van der Waals surface area contributed by atoms with Crippen LogP contribution in [-0.2, 0) is 9.59 Å². The number of imide groups is 1. The van der Waals surface area contributed by atoms with Gasteiger partial charge < -0.3 is 10.6 Å². The van der Waals surface area contributed by atoms with Gasteiger partial charge in [-0.3, -0.25) is 29.4 Å². The van der Waals surface area contributed by atoms with Gasteiger partial charge in [0.1, 0.15) is 5.69 Å². The highest BCUT2D eigenvalue weighted by atomic mass is 35.5. The lowest BCUT2D eigenvalue weighted by atomic mass is 9.85. The van der Waals surface area contributed by atoms with Gasteiger partial charge in [0.05, 0.1) is 16.8 Å². The van der Waals surface area contributed by atoms with Gasteiger partial charge in [0.15, 0.2) is 0 Å². The number of nitro benzene ring substituents is 1. The molecule has 2 aliphatic carbocycles. The van der Waals surface area contributed by atoms with Gasteiger partial charge in [-0.05, 0) is 55.0 Å². The Bertz CT molecular complexity index is 1260. The summed E-state index contributed by atoms with van der Waals surface area (Å²) in [5.74, 6) is -1.09. The fraction of sp³-hybridized carbons (Fsp3) is 0.320. The normalized spacial score (nSPS) is 24.1. The summed E-state index contributed by atoms with van der Waals surface area (Å²) in [5.41, 5.74) is 1.35. The van der Waals surface area contributed by atoms with E-state index in [-0.39, 0.29) is 65.5 Å². The number of amides is 3. The van der Waals surface area contributed by atoms with Crippen molar-refractivity contribution in [3.8, 4) is 0 Å². The number of hydrogen-bond donors (Lipinski definition) is 2. The van der Waals surface area contributed by atoms with E-state index >= 15 is 0 Å². The first-order valence-corrected chi connectivity index (χ1v) is 11.8. The van der Waals surface area contributed by atoms with Crippen LogP contribution >= 0.6 is 11.6 Å². The van der Waals surface area contributed by atoms with E-state index in [9.17, 15) is 24.5 Å². The molecule has 35 heavy (non-hydrogen) atoms. The van der Waals surface area contributed by atoms with Crippen LogP contribution in [0.3, 0.4) is 0 Å². The van der Waals surface area contributed by atoms with Gasteiger partial charge in [0.25, 0.3) is 11.6 Å². The van der Waals surface area contributed by atoms with Crippen LogP contribution in [0, 0.1) is 40.7 Å². The molecule has 2 fully saturated rings. The molecule has 9 nitrogen and oxygen atoms in total. The predicted molar refractivity (Wildman–Crippen MR) is 130 cm³/mol. The number of carbonyl (C=O) groups excluding carboxylic acids is 3. The lowest BCUT2D eigenvalue weighted by Gasteiger charge is -2.18. The monoisotopic (exact) mass is 494 g/mol. The largest absolute Gasteiger partial charge is 0.378 e. The molecule has 2 bridgehead atoms. The van der Waals surface area contributed by atoms with Gasteiger partial charge >= 0.3 is 0 Å². The maximum absolute atomic E-state index is 12.8. The summed E-state index contributed by atoms with van der Waals surface area (Å²) in [4.78, 5) is 50.7. The Hall–Kier alpha value is -3.72. The molecular formula is C25H23ClN4O5. The van der Waals surface area contributed by atoms with Crippen LogP contribution in [0.1, 0.15) is 22.3 Å². The van der Waals surface area contributed by atoms with E-state index in [1.807, 2.05) is 19.1 Å². The molecule has 3 amide bonds. The lowest BCUT2D eigenvalue weighted by molar-refractivity contribution is -0.384. The first kappa shape index (κ1) is 23.0. The van der Waals surface area contributed by atoms with Crippen LogP contribution in [-0.4, -0.2) is 40.6 Å². The molecule has 10 heteroatoms. The number of halogens is 1. The predicted octanol–water partition coefficient (Wildman–Crippen LogP) is 4.03. The Morgan fingerprint density at radius 1 is 1.09 bits per heavy atom. The first-order chi connectivity index (χ1) is 16.7. The van der Waals surface area contributed by atoms with Gasteiger partial charge in [-0.2, -0.15) is 0 Å². The van der Waals surface area contributed by atoms with Gasteiger partial charge in [-0.15, -0.1) is 0 Å². The van der Waals surface area contributed by atoms with Crippen molar-refractivity contribution in [1.29, 1.82) is 0 Å². The SMILES string of the molecule is Cc1ccc(Cl)cc1NC(=O)c1ccc(NCCN2C(=O)[C@@H]3[C@H](C2=O)[C@H]2C=C[C@H]3C2)c([N+](=O)[O-])c1. The maximum atomic E-state index is 12.8. The molecule has 1 heterocycles. The number of nitrogens with zero attached hydrogens (tertiary/aromatic N) is 2. The number of likely N-dealkylation sites (tertiary alicyclic amines) is 1. The van der Waals surface area contributed by atoms with Crippen molar-refractivity contribution in [2.24, 2.45) is 23.7 Å². The van der Waals surface area contributed by atoms with Crippen molar-refractivity contribution in [1.82, 2.24) is 4.90 Å². The molecule has 0 unspecified atom stereocenters. The quantitative estimate of drug-likeness (QED) is 0.259. The maximum Gasteiger partial charge on any atom is 0.293 e. The Balaban J connectivity index is 1.25. The van der Waals surface area contributed by atoms with Crippen LogP contribution < -0.4 is 10.6 Å². The summed E-state index contributed by atoms with van der Waals surface area (Å²) >= 11 is 5.99. The second-order valence-corrected chi connectivity index (χ2v) is 9.59. The minimum Gasteiger partial charge on any atom is -0.378 e. The molecule has 0 spiro atoms. The minimum atomic E-state index is -0.580. The zero-order chi connectivity index (χ0) is 24.9. The number of hydrogen-bond acceptors (Lipinski definition) is 6. The average molecular weight is 495 g/mol. The highest BCUT2D eigenvalue weighted by molar-refractivity contribution is 6.31. The third-order valence-electron chi connectivity index (χ3n) is 7.12. The van der Waals surface area contributed by atoms with Gasteiger partial charge in [-0.1, -0.05) is 29.8 Å². The summed E-state index contributed by atoms with van der Waals surface area (Å²) in [7, 11) is 0. The number of fused-ring (bicyclic) bond motifs is 5. The first-order valence-electron chi connectivity index (χ1n) is 11.4. The number of allylic oxidation sites excluding steroid dienone is 2. The van der Waals surface area contributed by atoms with Crippen molar-refractivity contribution in [3.05, 3.63) is 74.8 Å². The van der Waals surface area contributed by atoms with Crippen LogP contribution in [0.5, 0.6) is 0 Å². The number of aryl methyl sites for hydroxylation is 1. The Morgan fingerprint density at radius 2 is 1.77 bits per heavy atom. The van der Waals surface area contributed by atoms with E-state index in [4.69, 9.17) is 11.6 Å². The zero-order valence-corrected chi connectivity index (χ0v) is 19.6. The van der Waals surface area contributed by atoms with Crippen molar-refractivity contribution < 1.29 is 19.3 Å². The number of rotatable bonds is 7. The van der Waals surface area contributed by atoms with Crippen LogP contribution in [0.2, 0.25) is 5.02 Å². The molecule has 2 N–H and O–H groups in total. The summed E-state index contributed by atoms with van der Waals surface area (Å²) in [6.45, 7) is 2.09. The van der Waals surface area contributed by atoms with Crippen molar-refractivity contribution in [3.63, 3.8) is 0 Å². The van der Waals surface area contributed by atoms with E-state index < -0.39 is 10.8 Å². The molecule has 0 aromatic heterocycles. The number of nitrogens with one attached hydrogen (secondary N) is 2. The fourth-order valence-corrected chi connectivity index (χ4v) is 5.56. The molecule has 5 rings (SSSR count). The van der Waals surface area contributed by atoms with E-state index in [1.165, 1.54) is 23.1 Å². The molecular weight excluding hydrogens is 472 g/mol. The van der Waals surface area contributed by atoms with Crippen LogP contribution in [0.25, 0.3) is 0 Å². The molecule has 2 aromatic rings. The number of carbonyl (C=O) groups is 3. The Labute approximate surface area is 206 Å². The number of anilines is 2. The standard InChI is InChI=1S/C25H23ClN4O5/c1-13-2-6-17(26)12-19(13)28-23(31)16-5-7-18(20(11-16)30(34)35)27-8-9-29-24(32)21-14-3-4-15(10-14)22(21)25(29)33/h2-7,11-12,14-15,21-22,27H,8-10H2,1H3,(H,28,31)/t14-,15-,21-,22+/m0/s1. The minimum absolute atomic E-state index is 0.113. The average Bonchev–Trinajstić information content (AvgIpc) is 3.51. The third-order valence-corrected chi connectivity index (χ3v) is 7.35. The zero-order valence-electron chi connectivity index (χ0n) is 18.9. The van der Waals surface area contributed by atoms with E-state index in [2.05, 4.69) is 10.6 Å². The van der Waals surface area contributed by atoms with Crippen molar-refractivity contribution >= 4 is 46.4 Å². The molecule has 1 aliphatic heterocycles. The molecule has 1 saturated heterocycles. The topological polar surface area (TPSA) is 122 Å². The van der Waals surface area contributed by atoms with E-state index in [1.54, 1.807) is 18.2 Å². The Morgan fingerprint density at radius 3 is 2.43 bits per heavy atom. The second-order valence-electron chi connectivity index (χ2n) is 9.16. The second kappa shape index (κ2) is 8.81. The summed E-state index contributed by atoms with van der Waals surface area (Å²) in [5, 5.41) is 17.8. The van der Waals surface area contributed by atoms with Gasteiger partial charge in [0, 0.05) is 35.4 Å². The molecule has 0 radical (unpaired) electrons. The van der Waals surface area contributed by atoms with Gasteiger partial charge in [0.2, 0.25) is 11.8 Å². The van der Waals surface area contributed by atoms with Crippen molar-refractivity contribution in [2.45, 2.75) is 13.3 Å². The summed E-state index contributed by atoms with van der Waals surface area (Å²) in [6, 6.07) is 9.19. The van der Waals surface area contributed by atoms with Crippen LogP contribution in [0.4, 0.5) is 17.1 Å². The van der Waals surface area contributed by atoms with E-state index in [0.29, 0.717) is 10.7 Å². The fourth-order valence-electron chi connectivity index (χ4n) is 5.38. The molecule has 180 valence electrons. The number of nitro groups is 1. The number of benzene rings is 2.